The highest BCUT2D eigenvalue weighted by molar-refractivity contribution is 6.33. The van der Waals surface area contributed by atoms with Crippen molar-refractivity contribution in [1.82, 2.24) is 9.80 Å². The fourth-order valence-electron chi connectivity index (χ4n) is 8.70. The molecule has 0 N–H and O–H groups in total. The van der Waals surface area contributed by atoms with Crippen LogP contribution in [0.25, 0.3) is 0 Å². The summed E-state index contributed by atoms with van der Waals surface area (Å²) in [5, 5.41) is 0. The summed E-state index contributed by atoms with van der Waals surface area (Å²) in [6.07, 6.45) is 7.21. The summed E-state index contributed by atoms with van der Waals surface area (Å²) in [6, 6.07) is 26.2. The molecule has 4 aromatic rings. The summed E-state index contributed by atoms with van der Waals surface area (Å²) in [5.41, 5.74) is 87.1. The second kappa shape index (κ2) is 34.0. The molecule has 0 fully saturated rings. The Morgan fingerprint density at radius 2 is 0.520 bits per heavy atom. The van der Waals surface area contributed by atoms with Gasteiger partial charge in [-0.05, 0) is 188 Å². The molecule has 16 heteroatoms. The minimum Gasteiger partial charge on any atom is -0.274 e. The second-order valence-corrected chi connectivity index (χ2v) is 19.1. The van der Waals surface area contributed by atoms with Crippen LogP contribution in [0, 0.1) is 0 Å². The maximum Gasteiger partial charge on any atom is 0.282 e. The van der Waals surface area contributed by atoms with Crippen molar-refractivity contribution in [2.45, 2.75) is 26.7 Å². The van der Waals surface area contributed by atoms with E-state index in [0.29, 0.717) is 34.0 Å². The Kier molecular flexibility index (Phi) is 23.4. The van der Waals surface area contributed by atoms with Crippen molar-refractivity contribution in [3.63, 3.8) is 0 Å². The number of nitrogens with zero attached hydrogens (tertiary/aromatic N) is 6. The fraction of sp³-hybridized carbons (Fsp3) is 0.0488. The predicted molar refractivity (Wildman–Crippen MR) is 349 cm³/mol. The van der Waals surface area contributed by atoms with Crippen molar-refractivity contribution in [1.29, 1.82) is 0 Å². The highest BCUT2D eigenvalue weighted by atomic mass is 16.2. The van der Waals surface area contributed by atoms with Gasteiger partial charge in [-0.3, -0.25) is 57.7 Å². The van der Waals surface area contributed by atoms with Gasteiger partial charge in [0.2, 0.25) is 11.8 Å². The lowest BCUT2D eigenvalue weighted by Gasteiger charge is -2.31. The van der Waals surface area contributed by atoms with Crippen molar-refractivity contribution in [3.8, 4) is 0 Å². The molecular weight excluding hydrogens is 1230 g/mol. The Labute approximate surface area is 557 Å². The number of hydrogen-bond acceptors (Lipinski definition) is 10. The molecule has 98 heavy (non-hydrogen) atoms. The Hall–Kier alpha value is -16.4. The van der Waals surface area contributed by atoms with Crippen molar-refractivity contribution >= 4 is 81.8 Å². The molecule has 0 bridgehead atoms. The van der Waals surface area contributed by atoms with Gasteiger partial charge in [0.25, 0.3) is 47.3 Å². The number of carbonyl (C=O) groups excluding carboxylic acids is 10. The van der Waals surface area contributed by atoms with Crippen LogP contribution in [0.5, 0.6) is 0 Å². The number of hydrogen-bond donors (Lipinski definition) is 0. The van der Waals surface area contributed by atoms with E-state index in [1.807, 2.05) is 0 Å². The molecule has 452 valence electrons. The van der Waals surface area contributed by atoms with E-state index in [0.717, 1.165) is 67.9 Å². The molecule has 4 aliphatic heterocycles. The lowest BCUT2D eigenvalue weighted by molar-refractivity contribution is -0.133. The van der Waals surface area contributed by atoms with E-state index in [4.69, 9.17) is 0 Å². The zero-order valence-corrected chi connectivity index (χ0v) is 51.1. The average Bonchev–Trinajstić information content (AvgIpc) is 1.61. The highest BCUT2D eigenvalue weighted by Gasteiger charge is 2.44. The zero-order chi connectivity index (χ0) is 69.6. The van der Waals surface area contributed by atoms with E-state index in [1.165, 1.54) is 48.6 Å². The van der Waals surface area contributed by atoms with Crippen LogP contribution in [-0.2, 0) is 60.8 Å². The molecule has 0 radical (unpaired) electrons. The van der Waals surface area contributed by atoms with Crippen molar-refractivity contribution in [2.24, 2.45) is 0 Å². The van der Waals surface area contributed by atoms with Crippen LogP contribution in [0.4, 0.5) is 22.7 Å². The Morgan fingerprint density at radius 1 is 0.306 bits per heavy atom. The number of benzene rings is 4. The van der Waals surface area contributed by atoms with Crippen molar-refractivity contribution < 1.29 is 47.9 Å². The molecular formula is C82H34N6O10. The van der Waals surface area contributed by atoms with Crippen LogP contribution in [0.3, 0.4) is 0 Å². The number of imide groups is 4. The first kappa shape index (κ1) is 67.5. The normalized spacial score (nSPS) is 11.7. The molecule has 4 aliphatic rings. The summed E-state index contributed by atoms with van der Waals surface area (Å²) in [6.45, 7) is 5.36. The largest absolute Gasteiger partial charge is 0.282 e. The third-order valence-electron chi connectivity index (χ3n) is 12.8. The van der Waals surface area contributed by atoms with Gasteiger partial charge in [-0.2, -0.15) is 0 Å². The standard InChI is InChI=1S/C82H34N6O10/c1-4-5-6-7-8-9-10-11-12-13-14-15-16-17-18-19-20-21-22-23-24-25-26-27-28-29-30-31-32-33-34-35-36-37-74(83(62(2)89)72-60-79(95)87(81(72)97)70-50-42-66(43-51-70)58-64-38-46-68(47-39-64)85-75(91)54-55-76(85)92)84(63(3)90)73-61-80(96)88(82(73)98)71-52-44-67(45-53-71)59-65-40-48-69(49-41-65)86-77(93)56-57-78(86)94/h38-57,60-61H,1,58-59H2,2-3H3. The molecule has 10 amide bonds. The van der Waals surface area contributed by atoms with Gasteiger partial charge < -0.3 is 0 Å². The van der Waals surface area contributed by atoms with Gasteiger partial charge in [0.15, 0.2) is 5.82 Å². The maximum atomic E-state index is 14.5. The molecule has 0 saturated carbocycles. The summed E-state index contributed by atoms with van der Waals surface area (Å²) in [7, 11) is 0. The summed E-state index contributed by atoms with van der Waals surface area (Å²) >= 11 is 0. The Morgan fingerprint density at radius 3 is 0.745 bits per heavy atom. The van der Waals surface area contributed by atoms with E-state index in [1.54, 1.807) is 72.8 Å². The van der Waals surface area contributed by atoms with Gasteiger partial charge in [0, 0.05) is 142 Å². The molecule has 0 saturated heterocycles. The first-order valence-corrected chi connectivity index (χ1v) is 28.1. The fourth-order valence-corrected chi connectivity index (χ4v) is 8.70. The average molecular weight is 1260 g/mol. The summed E-state index contributed by atoms with van der Waals surface area (Å²) in [4.78, 5) is 138. The van der Waals surface area contributed by atoms with Crippen LogP contribution >= 0.6 is 0 Å². The first-order chi connectivity index (χ1) is 47.6. The van der Waals surface area contributed by atoms with Crippen LogP contribution < -0.4 is 19.6 Å². The van der Waals surface area contributed by atoms with E-state index in [-0.39, 0.29) is 11.4 Å². The van der Waals surface area contributed by atoms with E-state index >= 15 is 0 Å². The van der Waals surface area contributed by atoms with Crippen LogP contribution in [-0.4, -0.2) is 68.9 Å². The van der Waals surface area contributed by atoms with Crippen molar-refractivity contribution in [2.75, 3.05) is 19.6 Å². The van der Waals surface area contributed by atoms with Gasteiger partial charge in [0.1, 0.15) is 11.4 Å². The predicted octanol–water partition coefficient (Wildman–Crippen LogP) is 9.38. The smallest absolute Gasteiger partial charge is 0.274 e. The van der Waals surface area contributed by atoms with Gasteiger partial charge in [-0.25, -0.2) is 19.6 Å². The quantitative estimate of drug-likeness (QED) is 0.0976. The molecule has 0 aliphatic carbocycles. The van der Waals surface area contributed by atoms with E-state index in [2.05, 4.69) is 201 Å². The highest BCUT2D eigenvalue weighted by Crippen LogP contribution is 2.33. The third kappa shape index (κ3) is 18.2. The molecule has 0 unspecified atom stereocenters. The first-order valence-electron chi connectivity index (χ1n) is 28.1. The molecule has 4 aromatic carbocycles. The second-order valence-electron chi connectivity index (χ2n) is 19.1. The van der Waals surface area contributed by atoms with Crippen LogP contribution in [0.2, 0.25) is 0 Å². The van der Waals surface area contributed by atoms with E-state index in [9.17, 15) is 47.9 Å². The zero-order valence-electron chi connectivity index (χ0n) is 51.1. The molecule has 0 spiro atoms. The van der Waals surface area contributed by atoms with E-state index < -0.39 is 76.3 Å². The molecule has 16 nitrogen and oxygen atoms in total. The van der Waals surface area contributed by atoms with Crippen LogP contribution in [0.15, 0.2) is 352 Å². The Balaban J connectivity index is 1.09. The van der Waals surface area contributed by atoms with Crippen LogP contribution in [0.1, 0.15) is 36.1 Å². The topological polar surface area (TPSA) is 190 Å². The lowest BCUT2D eigenvalue weighted by Crippen LogP contribution is -2.44. The number of amides is 10. The Bertz CT molecular complexity index is 5670. The van der Waals surface area contributed by atoms with Crippen molar-refractivity contribution in [3.05, 3.63) is 374 Å². The van der Waals surface area contributed by atoms with Gasteiger partial charge in [-0.15, -0.1) is 0 Å². The number of rotatable bonds is 12. The minimum atomic E-state index is -1.02. The molecule has 4 heterocycles. The van der Waals surface area contributed by atoms with Gasteiger partial charge in [-0.1, -0.05) is 54.3 Å². The van der Waals surface area contributed by atoms with Gasteiger partial charge in [0.05, 0.1) is 22.7 Å². The SMILES string of the molecule is C=C=C=C=C=C=C=C=C=C=C=C=C=C=C=C=C=C=C=C=C=C=C=C=C=C=C=C=C=C=C=C=C=C=C=C(N(C(C)=O)C1=CC(=O)N(c2ccc(Cc3ccc(N4C(=O)C=CC4=O)cc3)cc2)C1=O)N(C(C)=O)C1=CC(=O)N(c2ccc(Cc3ccc(N4C(=O)C=CC4=O)cc3)cc2)C1=O. The number of anilines is 4. The molecule has 8 rings (SSSR count). The van der Waals surface area contributed by atoms with Gasteiger partial charge >= 0.3 is 0 Å². The maximum absolute atomic E-state index is 14.5. The number of carbonyl (C=O) groups is 10. The molecule has 0 aromatic heterocycles. The monoisotopic (exact) mass is 1260 g/mol. The third-order valence-corrected chi connectivity index (χ3v) is 12.8. The minimum absolute atomic E-state index is 0.100. The molecule has 0 atom stereocenters. The summed E-state index contributed by atoms with van der Waals surface area (Å²) in [5.74, 6) is -8.21. The summed E-state index contributed by atoms with van der Waals surface area (Å²) < 4.78 is 0. The lowest BCUT2D eigenvalue weighted by atomic mass is 10.0.